The third-order valence-electron chi connectivity index (χ3n) is 1.88. The molecule has 1 aromatic rings. The molecule has 0 aliphatic heterocycles. The van der Waals surface area contributed by atoms with Gasteiger partial charge in [0.05, 0.1) is 5.56 Å². The fraction of sp³-hybridized carbons (Fsp3) is 0.333. The normalized spacial score (nSPS) is 13.9. The molecule has 1 unspecified atom stereocenters. The lowest BCUT2D eigenvalue weighted by Gasteiger charge is -2.07. The first-order chi connectivity index (χ1) is 6.89. The van der Waals surface area contributed by atoms with E-state index in [1.165, 1.54) is 12.1 Å². The van der Waals surface area contributed by atoms with E-state index in [1.807, 2.05) is 0 Å². The van der Waals surface area contributed by atoms with Gasteiger partial charge in [-0.3, -0.25) is 4.57 Å². The van der Waals surface area contributed by atoms with Crippen molar-refractivity contribution in [3.05, 3.63) is 35.4 Å². The van der Waals surface area contributed by atoms with E-state index >= 15 is 0 Å². The highest BCUT2D eigenvalue weighted by Crippen LogP contribution is 2.30. The summed E-state index contributed by atoms with van der Waals surface area (Å²) in [5.74, 6) is 0. The van der Waals surface area contributed by atoms with Gasteiger partial charge in [-0.1, -0.05) is 18.2 Å². The molecule has 1 N–H and O–H groups in total. The number of aryl methyl sites for hydroxylation is 1. The van der Waals surface area contributed by atoms with Crippen LogP contribution in [0.1, 0.15) is 11.1 Å². The van der Waals surface area contributed by atoms with Gasteiger partial charge in [-0.15, -0.1) is 0 Å². The van der Waals surface area contributed by atoms with Crippen LogP contribution in [0.5, 0.6) is 0 Å². The van der Waals surface area contributed by atoms with E-state index in [-0.39, 0.29) is 12.6 Å². The largest absolute Gasteiger partial charge is 0.416 e. The second kappa shape index (κ2) is 4.81. The maximum absolute atomic E-state index is 12.3. The minimum atomic E-state index is -4.36. The summed E-state index contributed by atoms with van der Waals surface area (Å²) >= 11 is 0. The van der Waals surface area contributed by atoms with Crippen LogP contribution in [0.4, 0.5) is 13.2 Å². The molecule has 6 heteroatoms. The number of benzene rings is 1. The monoisotopic (exact) mass is 238 g/mol. The first-order valence-electron chi connectivity index (χ1n) is 4.27. The van der Waals surface area contributed by atoms with Crippen molar-refractivity contribution in [2.45, 2.75) is 12.6 Å². The lowest BCUT2D eigenvalue weighted by atomic mass is 10.1. The molecule has 0 radical (unpaired) electrons. The quantitative estimate of drug-likeness (QED) is 0.822. The molecule has 0 fully saturated rings. The summed E-state index contributed by atoms with van der Waals surface area (Å²) in [7, 11) is -2.61. The molecule has 1 aromatic carbocycles. The molecule has 84 valence electrons. The topological polar surface area (TPSA) is 37.3 Å². The van der Waals surface area contributed by atoms with Crippen LogP contribution in [0.25, 0.3) is 0 Å². The summed E-state index contributed by atoms with van der Waals surface area (Å²) in [6.45, 7) is 0. The first kappa shape index (κ1) is 12.3. The van der Waals surface area contributed by atoms with Crippen LogP contribution in [0.3, 0.4) is 0 Å². The van der Waals surface area contributed by atoms with Crippen molar-refractivity contribution in [1.82, 2.24) is 0 Å². The minimum Gasteiger partial charge on any atom is -0.346 e. The molecule has 0 heterocycles. The van der Waals surface area contributed by atoms with Gasteiger partial charge in [0.2, 0.25) is 0 Å². The molecule has 0 aliphatic rings. The second-order valence-corrected chi connectivity index (χ2v) is 4.38. The molecule has 1 atom stereocenters. The number of hydrogen-bond donors (Lipinski definition) is 1. The molecule has 2 nitrogen and oxygen atoms in total. The Hall–Kier alpha value is -0.800. The molecule has 0 saturated heterocycles. The summed E-state index contributed by atoms with van der Waals surface area (Å²) in [4.78, 5) is 8.57. The Kier molecular flexibility index (Phi) is 3.94. The van der Waals surface area contributed by atoms with Crippen molar-refractivity contribution in [3.8, 4) is 0 Å². The fourth-order valence-corrected chi connectivity index (χ4v) is 1.66. The lowest BCUT2D eigenvalue weighted by molar-refractivity contribution is -0.137. The SMILES string of the molecule is O=[PH](O)CCc1cccc(C(F)(F)F)c1. The highest BCUT2D eigenvalue weighted by molar-refractivity contribution is 7.37. The Morgan fingerprint density at radius 3 is 2.53 bits per heavy atom. The van der Waals surface area contributed by atoms with Crippen molar-refractivity contribution in [1.29, 1.82) is 0 Å². The third-order valence-corrected chi connectivity index (χ3v) is 2.56. The lowest BCUT2D eigenvalue weighted by Crippen LogP contribution is -2.05. The van der Waals surface area contributed by atoms with Crippen molar-refractivity contribution in [2.75, 3.05) is 6.16 Å². The van der Waals surface area contributed by atoms with Gasteiger partial charge in [0, 0.05) is 6.16 Å². The maximum atomic E-state index is 12.3. The van der Waals surface area contributed by atoms with E-state index in [0.717, 1.165) is 12.1 Å². The summed E-state index contributed by atoms with van der Waals surface area (Å²) in [6, 6.07) is 4.79. The maximum Gasteiger partial charge on any atom is 0.416 e. The van der Waals surface area contributed by atoms with Crippen LogP contribution in [0, 0.1) is 0 Å². The van der Waals surface area contributed by atoms with Gasteiger partial charge in [0.25, 0.3) is 0 Å². The molecule has 1 rings (SSSR count). The van der Waals surface area contributed by atoms with Crippen molar-refractivity contribution >= 4 is 8.03 Å². The van der Waals surface area contributed by atoms with E-state index in [2.05, 4.69) is 0 Å². The molecule has 0 aliphatic carbocycles. The Morgan fingerprint density at radius 2 is 2.00 bits per heavy atom. The average molecular weight is 238 g/mol. The molecular formula is C9H10F3O2P. The molecule has 15 heavy (non-hydrogen) atoms. The Balaban J connectivity index is 2.79. The minimum absolute atomic E-state index is 0.0198. The third kappa shape index (κ3) is 4.06. The zero-order valence-electron chi connectivity index (χ0n) is 7.71. The molecule has 0 bridgehead atoms. The van der Waals surface area contributed by atoms with Gasteiger partial charge in [-0.2, -0.15) is 13.2 Å². The summed E-state index contributed by atoms with van der Waals surface area (Å²) < 4.78 is 47.2. The Bertz CT molecular complexity index is 363. The Morgan fingerprint density at radius 1 is 1.33 bits per heavy atom. The van der Waals surface area contributed by atoms with Crippen molar-refractivity contribution in [2.24, 2.45) is 0 Å². The number of alkyl halides is 3. The number of halogens is 3. The number of hydrogen-bond acceptors (Lipinski definition) is 1. The summed E-state index contributed by atoms with van der Waals surface area (Å²) in [5, 5.41) is 0. The zero-order chi connectivity index (χ0) is 11.5. The molecule has 0 aromatic heterocycles. The van der Waals surface area contributed by atoms with Crippen molar-refractivity contribution in [3.63, 3.8) is 0 Å². The van der Waals surface area contributed by atoms with Crippen LogP contribution in [-0.2, 0) is 17.2 Å². The van der Waals surface area contributed by atoms with Gasteiger partial charge >= 0.3 is 6.18 Å². The first-order valence-corrected chi connectivity index (χ1v) is 5.84. The molecule has 0 saturated carbocycles. The highest BCUT2D eigenvalue weighted by Gasteiger charge is 2.30. The predicted octanol–water partition coefficient (Wildman–Crippen LogP) is 2.71. The molecule has 0 amide bonds. The highest BCUT2D eigenvalue weighted by atomic mass is 31.1. The fourth-order valence-electron chi connectivity index (χ4n) is 1.15. The van der Waals surface area contributed by atoms with E-state index < -0.39 is 19.8 Å². The van der Waals surface area contributed by atoms with Gasteiger partial charge < -0.3 is 4.89 Å². The van der Waals surface area contributed by atoms with E-state index in [0.29, 0.717) is 5.56 Å². The van der Waals surface area contributed by atoms with Crippen LogP contribution in [-0.4, -0.2) is 11.1 Å². The summed E-state index contributed by atoms with van der Waals surface area (Å²) in [6.07, 6.45) is -4.15. The van der Waals surface area contributed by atoms with E-state index in [1.54, 1.807) is 0 Å². The number of rotatable bonds is 3. The van der Waals surface area contributed by atoms with Gasteiger partial charge in [-0.25, -0.2) is 0 Å². The predicted molar refractivity (Wildman–Crippen MR) is 51.2 cm³/mol. The standard InChI is InChI=1S/C9H10F3O2P/c10-9(11,12)8-3-1-2-7(6-8)4-5-15(13)14/h1-3,6,15H,4-5H2,(H,13,14). The molecule has 0 spiro atoms. The van der Waals surface area contributed by atoms with E-state index in [9.17, 15) is 17.7 Å². The van der Waals surface area contributed by atoms with Crippen LogP contribution < -0.4 is 0 Å². The smallest absolute Gasteiger partial charge is 0.346 e. The van der Waals surface area contributed by atoms with Gasteiger partial charge in [-0.05, 0) is 18.1 Å². The van der Waals surface area contributed by atoms with Crippen LogP contribution in [0.15, 0.2) is 24.3 Å². The van der Waals surface area contributed by atoms with Gasteiger partial charge in [0.15, 0.2) is 8.03 Å². The van der Waals surface area contributed by atoms with Gasteiger partial charge in [0.1, 0.15) is 0 Å². The van der Waals surface area contributed by atoms with E-state index in [4.69, 9.17) is 4.89 Å². The second-order valence-electron chi connectivity index (χ2n) is 3.09. The van der Waals surface area contributed by atoms with Crippen LogP contribution >= 0.6 is 8.03 Å². The average Bonchev–Trinajstić information content (AvgIpc) is 2.14. The molecular weight excluding hydrogens is 228 g/mol. The Labute approximate surface area is 85.6 Å². The van der Waals surface area contributed by atoms with Crippen molar-refractivity contribution < 1.29 is 22.6 Å². The van der Waals surface area contributed by atoms with Crippen LogP contribution in [0.2, 0.25) is 0 Å². The summed E-state index contributed by atoms with van der Waals surface area (Å²) in [5.41, 5.74) is -0.296. The zero-order valence-corrected chi connectivity index (χ0v) is 8.71.